The summed E-state index contributed by atoms with van der Waals surface area (Å²) in [6.07, 6.45) is 0. The number of rotatable bonds is 2. The van der Waals surface area contributed by atoms with Gasteiger partial charge < -0.3 is 4.74 Å². The second kappa shape index (κ2) is 3.47. The van der Waals surface area contributed by atoms with E-state index in [1.54, 1.807) is 7.11 Å². The molecular formula is C8H13N3O. The number of ether oxygens (including phenoxy) is 1. The van der Waals surface area contributed by atoms with Gasteiger partial charge in [0, 0.05) is 5.92 Å². The monoisotopic (exact) mass is 167 g/mol. The lowest BCUT2D eigenvalue weighted by molar-refractivity contribution is 0.373. The molecule has 66 valence electrons. The molecule has 0 atom stereocenters. The first-order chi connectivity index (χ1) is 5.63. The zero-order chi connectivity index (χ0) is 9.14. The summed E-state index contributed by atoms with van der Waals surface area (Å²) < 4.78 is 4.92. The molecule has 0 aliphatic rings. The van der Waals surface area contributed by atoms with Crippen molar-refractivity contribution in [2.45, 2.75) is 26.7 Å². The summed E-state index contributed by atoms with van der Waals surface area (Å²) in [4.78, 5) is 12.3. The first-order valence-electron chi connectivity index (χ1n) is 3.90. The topological polar surface area (TPSA) is 47.9 Å². The third-order valence-electron chi connectivity index (χ3n) is 1.44. The quantitative estimate of drug-likeness (QED) is 0.666. The van der Waals surface area contributed by atoms with Crippen molar-refractivity contribution in [2.75, 3.05) is 7.11 Å². The molecule has 1 aromatic rings. The first kappa shape index (κ1) is 8.90. The van der Waals surface area contributed by atoms with Crippen LogP contribution in [0.3, 0.4) is 0 Å². The predicted molar refractivity (Wildman–Crippen MR) is 45.2 cm³/mol. The van der Waals surface area contributed by atoms with Crippen molar-refractivity contribution in [1.29, 1.82) is 0 Å². The molecule has 1 aromatic heterocycles. The highest BCUT2D eigenvalue weighted by Gasteiger charge is 2.06. The molecule has 0 unspecified atom stereocenters. The van der Waals surface area contributed by atoms with Crippen molar-refractivity contribution in [2.24, 2.45) is 0 Å². The summed E-state index contributed by atoms with van der Waals surface area (Å²) in [7, 11) is 1.55. The smallest absolute Gasteiger partial charge is 0.319 e. The highest BCUT2D eigenvalue weighted by molar-refractivity contribution is 5.02. The Morgan fingerprint density at radius 1 is 1.17 bits per heavy atom. The van der Waals surface area contributed by atoms with E-state index in [2.05, 4.69) is 15.0 Å². The van der Waals surface area contributed by atoms with E-state index < -0.39 is 0 Å². The van der Waals surface area contributed by atoms with Gasteiger partial charge in [0.25, 0.3) is 0 Å². The molecule has 1 heterocycles. The van der Waals surface area contributed by atoms with Crippen LogP contribution < -0.4 is 4.74 Å². The number of methoxy groups -OCH3 is 1. The average molecular weight is 167 g/mol. The van der Waals surface area contributed by atoms with Crippen LogP contribution in [-0.2, 0) is 0 Å². The van der Waals surface area contributed by atoms with Gasteiger partial charge >= 0.3 is 6.01 Å². The molecular weight excluding hydrogens is 154 g/mol. The van der Waals surface area contributed by atoms with Crippen LogP contribution in [0.15, 0.2) is 0 Å². The lowest BCUT2D eigenvalue weighted by atomic mass is 10.2. The van der Waals surface area contributed by atoms with E-state index in [0.29, 0.717) is 17.8 Å². The van der Waals surface area contributed by atoms with Gasteiger partial charge in [-0.25, -0.2) is 4.98 Å². The lowest BCUT2D eigenvalue weighted by Gasteiger charge is -2.05. The SMILES string of the molecule is COc1nc(C)nc(C(C)C)n1. The van der Waals surface area contributed by atoms with Crippen molar-refractivity contribution in [3.05, 3.63) is 11.6 Å². The molecule has 0 spiro atoms. The second-order valence-corrected chi connectivity index (χ2v) is 2.88. The summed E-state index contributed by atoms with van der Waals surface area (Å²) in [5.74, 6) is 1.78. The molecule has 1 rings (SSSR count). The number of nitrogens with zero attached hydrogens (tertiary/aromatic N) is 3. The maximum Gasteiger partial charge on any atom is 0.319 e. The van der Waals surface area contributed by atoms with E-state index in [1.165, 1.54) is 0 Å². The number of aryl methyl sites for hydroxylation is 1. The van der Waals surface area contributed by atoms with Gasteiger partial charge in [-0.15, -0.1) is 0 Å². The Balaban J connectivity index is 3.06. The van der Waals surface area contributed by atoms with E-state index in [-0.39, 0.29) is 0 Å². The molecule has 0 N–H and O–H groups in total. The Kier molecular flexibility index (Phi) is 2.58. The largest absolute Gasteiger partial charge is 0.467 e. The zero-order valence-corrected chi connectivity index (χ0v) is 7.83. The Morgan fingerprint density at radius 2 is 1.83 bits per heavy atom. The fourth-order valence-electron chi connectivity index (χ4n) is 0.827. The van der Waals surface area contributed by atoms with Crippen LogP contribution in [0.5, 0.6) is 6.01 Å². The maximum atomic E-state index is 4.92. The molecule has 0 bridgehead atoms. The summed E-state index contributed by atoms with van der Waals surface area (Å²) in [6, 6.07) is 0.395. The normalized spacial score (nSPS) is 10.4. The second-order valence-electron chi connectivity index (χ2n) is 2.88. The summed E-state index contributed by atoms with van der Waals surface area (Å²) in [6.45, 7) is 5.90. The van der Waals surface area contributed by atoms with Crippen LogP contribution in [0.4, 0.5) is 0 Å². The lowest BCUT2D eigenvalue weighted by Crippen LogP contribution is -2.04. The third-order valence-corrected chi connectivity index (χ3v) is 1.44. The van der Waals surface area contributed by atoms with Crippen molar-refractivity contribution in [3.63, 3.8) is 0 Å². The molecule has 4 nitrogen and oxygen atoms in total. The number of aromatic nitrogens is 3. The molecule has 0 saturated carbocycles. The fraction of sp³-hybridized carbons (Fsp3) is 0.625. The van der Waals surface area contributed by atoms with Crippen LogP contribution in [0.25, 0.3) is 0 Å². The van der Waals surface area contributed by atoms with Crippen molar-refractivity contribution in [1.82, 2.24) is 15.0 Å². The Hall–Kier alpha value is -1.19. The zero-order valence-electron chi connectivity index (χ0n) is 7.83. The van der Waals surface area contributed by atoms with Crippen LogP contribution in [0.2, 0.25) is 0 Å². The third kappa shape index (κ3) is 1.90. The van der Waals surface area contributed by atoms with Crippen LogP contribution in [0, 0.1) is 6.92 Å². The van der Waals surface area contributed by atoms with Gasteiger partial charge in [0.2, 0.25) is 0 Å². The molecule has 0 fully saturated rings. The summed E-state index contributed by atoms with van der Waals surface area (Å²) in [5, 5.41) is 0. The van der Waals surface area contributed by atoms with E-state index >= 15 is 0 Å². The molecule has 4 heteroatoms. The van der Waals surface area contributed by atoms with Gasteiger partial charge in [0.05, 0.1) is 7.11 Å². The fourth-order valence-corrected chi connectivity index (χ4v) is 0.827. The van der Waals surface area contributed by atoms with E-state index in [1.807, 2.05) is 20.8 Å². The standard InChI is InChI=1S/C8H13N3O/c1-5(2)7-9-6(3)10-8(11-7)12-4/h5H,1-4H3. The minimum Gasteiger partial charge on any atom is -0.467 e. The molecule has 0 saturated heterocycles. The molecule has 0 aliphatic carbocycles. The summed E-state index contributed by atoms with van der Waals surface area (Å²) in [5.41, 5.74) is 0. The average Bonchev–Trinajstić information content (AvgIpc) is 2.03. The highest BCUT2D eigenvalue weighted by Crippen LogP contribution is 2.11. The van der Waals surface area contributed by atoms with Crippen LogP contribution in [-0.4, -0.2) is 22.1 Å². The minimum atomic E-state index is 0.306. The van der Waals surface area contributed by atoms with Gasteiger partial charge in [0.1, 0.15) is 11.6 Å². The van der Waals surface area contributed by atoms with Gasteiger partial charge in [-0.1, -0.05) is 13.8 Å². The van der Waals surface area contributed by atoms with Crippen molar-refractivity contribution < 1.29 is 4.74 Å². The Morgan fingerprint density at radius 3 is 2.33 bits per heavy atom. The van der Waals surface area contributed by atoms with Crippen LogP contribution >= 0.6 is 0 Å². The van der Waals surface area contributed by atoms with Crippen molar-refractivity contribution in [3.8, 4) is 6.01 Å². The molecule has 0 aliphatic heterocycles. The Bertz CT molecular complexity index is 273. The molecule has 0 amide bonds. The molecule has 0 aromatic carbocycles. The van der Waals surface area contributed by atoms with Gasteiger partial charge in [-0.3, -0.25) is 0 Å². The summed E-state index contributed by atoms with van der Waals surface area (Å²) >= 11 is 0. The number of hydrogen-bond acceptors (Lipinski definition) is 4. The van der Waals surface area contributed by atoms with Gasteiger partial charge in [-0.2, -0.15) is 9.97 Å². The maximum absolute atomic E-state index is 4.92. The predicted octanol–water partition coefficient (Wildman–Crippen LogP) is 1.31. The van der Waals surface area contributed by atoms with Crippen LogP contribution in [0.1, 0.15) is 31.4 Å². The molecule has 0 radical (unpaired) electrons. The molecule has 12 heavy (non-hydrogen) atoms. The Labute approximate surface area is 72.0 Å². The van der Waals surface area contributed by atoms with Gasteiger partial charge in [0.15, 0.2) is 0 Å². The van der Waals surface area contributed by atoms with E-state index in [9.17, 15) is 0 Å². The van der Waals surface area contributed by atoms with Crippen molar-refractivity contribution >= 4 is 0 Å². The van der Waals surface area contributed by atoms with Gasteiger partial charge in [-0.05, 0) is 6.92 Å². The van der Waals surface area contributed by atoms with E-state index in [0.717, 1.165) is 5.82 Å². The minimum absolute atomic E-state index is 0.306. The van der Waals surface area contributed by atoms with E-state index in [4.69, 9.17) is 4.74 Å². The number of hydrogen-bond donors (Lipinski definition) is 0. The first-order valence-corrected chi connectivity index (χ1v) is 3.90. The highest BCUT2D eigenvalue weighted by atomic mass is 16.5.